The Morgan fingerprint density at radius 2 is 1.82 bits per heavy atom. The fourth-order valence-corrected chi connectivity index (χ4v) is 3.16. The van der Waals surface area contributed by atoms with Crippen molar-refractivity contribution < 1.29 is 9.53 Å². The predicted molar refractivity (Wildman–Crippen MR) is 122 cm³/mol. The summed E-state index contributed by atoms with van der Waals surface area (Å²) in [7, 11) is 1.53. The Hall–Kier alpha value is -4.86. The molecule has 0 bridgehead atoms. The minimum Gasteiger partial charge on any atom is -0.481 e. The second-order valence-electron chi connectivity index (χ2n) is 6.98. The Labute approximate surface area is 188 Å². The number of nitrogens with one attached hydrogen (secondary N) is 2. The first-order valence-corrected chi connectivity index (χ1v) is 10.0. The van der Waals surface area contributed by atoms with Crippen molar-refractivity contribution in [1.82, 2.24) is 29.8 Å². The van der Waals surface area contributed by atoms with E-state index in [2.05, 4.69) is 35.9 Å². The highest BCUT2D eigenvalue weighted by Crippen LogP contribution is 2.20. The van der Waals surface area contributed by atoms with E-state index >= 15 is 0 Å². The van der Waals surface area contributed by atoms with Crippen LogP contribution in [0.15, 0.2) is 79.1 Å². The number of carbonyl (C=O) groups excluding carboxylic acids is 1. The van der Waals surface area contributed by atoms with Crippen LogP contribution in [0.4, 0.5) is 17.2 Å². The highest BCUT2D eigenvalue weighted by Gasteiger charge is 2.15. The van der Waals surface area contributed by atoms with Crippen molar-refractivity contribution in [1.29, 1.82) is 0 Å². The van der Waals surface area contributed by atoms with Crippen molar-refractivity contribution in [3.63, 3.8) is 0 Å². The van der Waals surface area contributed by atoms with Gasteiger partial charge in [0.15, 0.2) is 11.5 Å². The number of amides is 1. The van der Waals surface area contributed by atoms with Crippen LogP contribution in [-0.4, -0.2) is 42.8 Å². The van der Waals surface area contributed by atoms with Gasteiger partial charge in [-0.3, -0.25) is 9.78 Å². The Kier molecular flexibility index (Phi) is 5.30. The smallest absolute Gasteiger partial charge is 0.255 e. The molecule has 0 spiro atoms. The van der Waals surface area contributed by atoms with Gasteiger partial charge in [-0.15, -0.1) is 15.3 Å². The molecule has 33 heavy (non-hydrogen) atoms. The standard InChI is InChI=1S/C23H18N8O2/c1-33-21-10-7-17(14-25-21)27-23(32)15-11-12-24-18(13-15)22-29-28-20-9-8-19(30-31(20)22)26-16-5-3-2-4-6-16/h2-14H,1H3,(H,26,30)(H,27,32). The number of aromatic nitrogens is 6. The maximum Gasteiger partial charge on any atom is 0.255 e. The average Bonchev–Trinajstić information content (AvgIpc) is 3.28. The topological polar surface area (TPSA) is 119 Å². The maximum atomic E-state index is 12.7. The van der Waals surface area contributed by atoms with E-state index in [1.807, 2.05) is 42.5 Å². The summed E-state index contributed by atoms with van der Waals surface area (Å²) >= 11 is 0. The van der Waals surface area contributed by atoms with E-state index in [0.717, 1.165) is 5.69 Å². The van der Waals surface area contributed by atoms with Gasteiger partial charge in [0.05, 0.1) is 19.0 Å². The van der Waals surface area contributed by atoms with Crippen LogP contribution >= 0.6 is 0 Å². The Balaban J connectivity index is 1.42. The van der Waals surface area contributed by atoms with E-state index < -0.39 is 0 Å². The molecule has 0 fully saturated rings. The van der Waals surface area contributed by atoms with Gasteiger partial charge in [0.25, 0.3) is 5.91 Å². The van der Waals surface area contributed by atoms with Crippen LogP contribution in [-0.2, 0) is 0 Å². The predicted octanol–water partition coefficient (Wildman–Crippen LogP) is 3.59. The van der Waals surface area contributed by atoms with Gasteiger partial charge in [-0.25, -0.2) is 4.98 Å². The number of hydrogen-bond acceptors (Lipinski definition) is 8. The second-order valence-corrected chi connectivity index (χ2v) is 6.98. The van der Waals surface area contributed by atoms with Crippen molar-refractivity contribution >= 4 is 28.7 Å². The minimum atomic E-state index is -0.307. The lowest BCUT2D eigenvalue weighted by molar-refractivity contribution is 0.102. The number of fused-ring (bicyclic) bond motifs is 1. The summed E-state index contributed by atoms with van der Waals surface area (Å²) in [6.45, 7) is 0. The highest BCUT2D eigenvalue weighted by molar-refractivity contribution is 6.04. The molecule has 1 aromatic carbocycles. The molecule has 0 saturated carbocycles. The zero-order valence-corrected chi connectivity index (χ0v) is 17.5. The van der Waals surface area contributed by atoms with Gasteiger partial charge < -0.3 is 15.4 Å². The number of ether oxygens (including phenoxy) is 1. The molecule has 4 heterocycles. The van der Waals surface area contributed by atoms with E-state index in [0.29, 0.717) is 40.1 Å². The van der Waals surface area contributed by atoms with Crippen LogP contribution in [0.2, 0.25) is 0 Å². The largest absolute Gasteiger partial charge is 0.481 e. The first-order chi connectivity index (χ1) is 16.2. The lowest BCUT2D eigenvalue weighted by Gasteiger charge is -2.07. The molecule has 0 radical (unpaired) electrons. The zero-order chi connectivity index (χ0) is 22.6. The van der Waals surface area contributed by atoms with E-state index in [1.54, 1.807) is 35.0 Å². The molecular weight excluding hydrogens is 420 g/mol. The van der Waals surface area contributed by atoms with Gasteiger partial charge in [0.1, 0.15) is 5.69 Å². The van der Waals surface area contributed by atoms with Gasteiger partial charge >= 0.3 is 0 Å². The summed E-state index contributed by atoms with van der Waals surface area (Å²) < 4.78 is 6.62. The summed E-state index contributed by atoms with van der Waals surface area (Å²) in [5.41, 5.74) is 2.89. The fourth-order valence-electron chi connectivity index (χ4n) is 3.16. The van der Waals surface area contributed by atoms with Crippen LogP contribution in [0, 0.1) is 0 Å². The molecule has 162 valence electrons. The summed E-state index contributed by atoms with van der Waals surface area (Å²) in [4.78, 5) is 21.2. The van der Waals surface area contributed by atoms with E-state index in [1.165, 1.54) is 13.3 Å². The molecule has 10 heteroatoms. The molecule has 0 aliphatic carbocycles. The molecule has 5 rings (SSSR count). The molecule has 10 nitrogen and oxygen atoms in total. The summed E-state index contributed by atoms with van der Waals surface area (Å²) in [5.74, 6) is 1.20. The molecule has 5 aromatic rings. The van der Waals surface area contributed by atoms with E-state index in [4.69, 9.17) is 4.74 Å². The highest BCUT2D eigenvalue weighted by atomic mass is 16.5. The first-order valence-electron chi connectivity index (χ1n) is 10.0. The van der Waals surface area contributed by atoms with Gasteiger partial charge in [0.2, 0.25) is 11.7 Å². The molecule has 0 aliphatic heterocycles. The van der Waals surface area contributed by atoms with Crippen molar-refractivity contribution in [3.8, 4) is 17.4 Å². The van der Waals surface area contributed by atoms with Gasteiger partial charge in [-0.05, 0) is 42.5 Å². The van der Waals surface area contributed by atoms with Gasteiger partial charge in [-0.2, -0.15) is 4.52 Å². The van der Waals surface area contributed by atoms with Crippen LogP contribution in [0.25, 0.3) is 17.2 Å². The van der Waals surface area contributed by atoms with E-state index in [-0.39, 0.29) is 5.91 Å². The Bertz CT molecular complexity index is 1420. The summed E-state index contributed by atoms with van der Waals surface area (Å²) in [5, 5.41) is 19.0. The van der Waals surface area contributed by atoms with Crippen LogP contribution in [0.3, 0.4) is 0 Å². The molecule has 2 N–H and O–H groups in total. The monoisotopic (exact) mass is 438 g/mol. The normalized spacial score (nSPS) is 10.7. The number of anilines is 3. The Morgan fingerprint density at radius 1 is 0.939 bits per heavy atom. The lowest BCUT2D eigenvalue weighted by Crippen LogP contribution is -2.12. The molecule has 4 aromatic heterocycles. The minimum absolute atomic E-state index is 0.307. The molecule has 0 aliphatic rings. The van der Waals surface area contributed by atoms with Crippen molar-refractivity contribution in [2.75, 3.05) is 17.7 Å². The molecule has 1 amide bonds. The average molecular weight is 438 g/mol. The molecular formula is C23H18N8O2. The number of methoxy groups -OCH3 is 1. The van der Waals surface area contributed by atoms with Crippen molar-refractivity contribution in [2.24, 2.45) is 0 Å². The third kappa shape index (κ3) is 4.30. The van der Waals surface area contributed by atoms with Gasteiger partial charge in [0, 0.05) is 23.5 Å². The number of hydrogen-bond donors (Lipinski definition) is 2. The van der Waals surface area contributed by atoms with Crippen LogP contribution in [0.1, 0.15) is 10.4 Å². The summed E-state index contributed by atoms with van der Waals surface area (Å²) in [6.07, 6.45) is 3.07. The first kappa shape index (κ1) is 20.1. The second kappa shape index (κ2) is 8.71. The number of rotatable bonds is 6. The SMILES string of the molecule is COc1ccc(NC(=O)c2ccnc(-c3nnc4ccc(Nc5ccccc5)nn34)c2)cn1. The number of para-hydroxylation sites is 1. The van der Waals surface area contributed by atoms with Gasteiger partial charge in [-0.1, -0.05) is 18.2 Å². The van der Waals surface area contributed by atoms with Crippen LogP contribution in [0.5, 0.6) is 5.88 Å². The summed E-state index contributed by atoms with van der Waals surface area (Å²) in [6, 6.07) is 20.0. The van der Waals surface area contributed by atoms with E-state index in [9.17, 15) is 4.79 Å². The molecule has 0 unspecified atom stereocenters. The number of pyridine rings is 2. The number of benzene rings is 1. The van der Waals surface area contributed by atoms with Crippen molar-refractivity contribution in [3.05, 3.63) is 84.7 Å². The van der Waals surface area contributed by atoms with Crippen LogP contribution < -0.4 is 15.4 Å². The number of carbonyl (C=O) groups is 1. The van der Waals surface area contributed by atoms with Crippen molar-refractivity contribution in [2.45, 2.75) is 0 Å². The molecule has 0 atom stereocenters. The Morgan fingerprint density at radius 3 is 2.61 bits per heavy atom. The molecule has 0 saturated heterocycles. The lowest BCUT2D eigenvalue weighted by atomic mass is 10.2. The third-order valence-electron chi connectivity index (χ3n) is 4.76. The quantitative estimate of drug-likeness (QED) is 0.413. The zero-order valence-electron chi connectivity index (χ0n) is 17.5. The third-order valence-corrected chi connectivity index (χ3v) is 4.76. The maximum absolute atomic E-state index is 12.7. The number of nitrogens with zero attached hydrogens (tertiary/aromatic N) is 6. The fraction of sp³-hybridized carbons (Fsp3) is 0.0435.